The Morgan fingerprint density at radius 1 is 1.09 bits per heavy atom. The van der Waals surface area contributed by atoms with E-state index in [0.717, 1.165) is 0 Å². The van der Waals surface area contributed by atoms with Crippen molar-refractivity contribution >= 4 is 22.0 Å². The Balaban J connectivity index is 2.50. The number of imide groups is 1. The van der Waals surface area contributed by atoms with Crippen molar-refractivity contribution in [3.05, 3.63) is 0 Å². The number of carbonyl (C=O) groups excluding carboxylic acids is 2. The molecule has 0 spiro atoms. The molecule has 0 bridgehead atoms. The van der Waals surface area contributed by atoms with Crippen molar-refractivity contribution < 1.29 is 18.0 Å². The van der Waals surface area contributed by atoms with Crippen molar-refractivity contribution in [2.75, 3.05) is 31.9 Å². The van der Waals surface area contributed by atoms with E-state index in [1.807, 2.05) is 4.90 Å². The van der Waals surface area contributed by atoms with Crippen molar-refractivity contribution in [3.63, 3.8) is 0 Å². The van der Waals surface area contributed by atoms with E-state index in [1.165, 1.54) is 4.31 Å². The lowest BCUT2D eigenvalue weighted by Gasteiger charge is -2.36. The molecule has 128 valence electrons. The summed E-state index contributed by atoms with van der Waals surface area (Å²) in [7, 11) is -3.18. The fourth-order valence-corrected chi connectivity index (χ4v) is 3.32. The quantitative estimate of drug-likeness (QED) is 0.711. The minimum Gasteiger partial charge on any atom is -0.336 e. The van der Waals surface area contributed by atoms with Crippen molar-refractivity contribution in [1.29, 1.82) is 0 Å². The van der Waals surface area contributed by atoms with E-state index in [1.54, 1.807) is 27.7 Å². The third-order valence-corrected chi connectivity index (χ3v) is 5.50. The number of carbonyl (C=O) groups is 2. The highest BCUT2D eigenvalue weighted by atomic mass is 32.2. The fraction of sp³-hybridized carbons (Fsp3) is 0.846. The summed E-state index contributed by atoms with van der Waals surface area (Å²) in [6.45, 7) is 8.62. The first-order valence-electron chi connectivity index (χ1n) is 7.50. The summed E-state index contributed by atoms with van der Waals surface area (Å²) in [5.74, 6) is -0.303. The molecule has 0 aliphatic carbocycles. The van der Waals surface area contributed by atoms with Crippen LogP contribution in [0.3, 0.4) is 0 Å². The number of hydrogen-bond acceptors (Lipinski definition) is 5. The second-order valence-corrected chi connectivity index (χ2v) is 7.89. The summed E-state index contributed by atoms with van der Waals surface area (Å²) in [5.41, 5.74) is 0. The molecule has 8 nitrogen and oxygen atoms in total. The van der Waals surface area contributed by atoms with E-state index in [9.17, 15) is 18.0 Å². The second-order valence-electron chi connectivity index (χ2n) is 5.63. The van der Waals surface area contributed by atoms with Gasteiger partial charge in [0, 0.05) is 32.2 Å². The normalized spacial score (nSPS) is 19.0. The predicted molar refractivity (Wildman–Crippen MR) is 83.9 cm³/mol. The molecular weight excluding hydrogens is 308 g/mol. The Morgan fingerprint density at radius 3 is 2.09 bits per heavy atom. The minimum atomic E-state index is -3.18. The van der Waals surface area contributed by atoms with Crippen LogP contribution in [0.15, 0.2) is 0 Å². The van der Waals surface area contributed by atoms with Gasteiger partial charge < -0.3 is 5.32 Å². The SMILES string of the molecule is CCS(=O)(=O)N1CCN([C@H](C)C(=O)NC(=O)NC(C)C)CC1. The van der Waals surface area contributed by atoms with Gasteiger partial charge in [-0.25, -0.2) is 13.2 Å². The van der Waals surface area contributed by atoms with Gasteiger partial charge in [0.25, 0.3) is 0 Å². The number of piperazine rings is 1. The average Bonchev–Trinajstić information content (AvgIpc) is 2.45. The summed E-state index contributed by atoms with van der Waals surface area (Å²) in [6.07, 6.45) is 0. The molecule has 2 N–H and O–H groups in total. The first kappa shape index (κ1) is 18.9. The molecule has 0 radical (unpaired) electrons. The lowest BCUT2D eigenvalue weighted by molar-refractivity contribution is -0.125. The first-order chi connectivity index (χ1) is 10.2. The van der Waals surface area contributed by atoms with Crippen LogP contribution in [0, 0.1) is 0 Å². The predicted octanol–water partition coefficient (Wildman–Crippen LogP) is -0.424. The Kier molecular flexibility index (Phi) is 6.76. The van der Waals surface area contributed by atoms with Crippen LogP contribution in [0.4, 0.5) is 4.79 Å². The van der Waals surface area contributed by atoms with Gasteiger partial charge in [-0.15, -0.1) is 0 Å². The molecule has 3 amide bonds. The highest BCUT2D eigenvalue weighted by Crippen LogP contribution is 2.10. The van der Waals surface area contributed by atoms with Gasteiger partial charge in [-0.3, -0.25) is 15.0 Å². The molecule has 1 aliphatic heterocycles. The van der Waals surface area contributed by atoms with Crippen molar-refractivity contribution in [1.82, 2.24) is 19.8 Å². The Labute approximate surface area is 132 Å². The van der Waals surface area contributed by atoms with Gasteiger partial charge in [0.2, 0.25) is 15.9 Å². The molecule has 1 heterocycles. The maximum atomic E-state index is 12.0. The van der Waals surface area contributed by atoms with Gasteiger partial charge in [0.1, 0.15) is 0 Å². The number of amides is 3. The highest BCUT2D eigenvalue weighted by molar-refractivity contribution is 7.89. The average molecular weight is 334 g/mol. The maximum absolute atomic E-state index is 12.0. The van der Waals surface area contributed by atoms with Crippen LogP contribution in [0.1, 0.15) is 27.7 Å². The van der Waals surface area contributed by atoms with Gasteiger partial charge in [-0.2, -0.15) is 4.31 Å². The van der Waals surface area contributed by atoms with Crippen LogP contribution >= 0.6 is 0 Å². The first-order valence-corrected chi connectivity index (χ1v) is 9.11. The monoisotopic (exact) mass is 334 g/mol. The van der Waals surface area contributed by atoms with Crippen molar-refractivity contribution in [3.8, 4) is 0 Å². The lowest BCUT2D eigenvalue weighted by atomic mass is 10.2. The minimum absolute atomic E-state index is 0.0501. The molecular formula is C13H26N4O4S. The van der Waals surface area contributed by atoms with Gasteiger partial charge in [0.15, 0.2) is 0 Å². The zero-order chi connectivity index (χ0) is 16.9. The maximum Gasteiger partial charge on any atom is 0.321 e. The second kappa shape index (κ2) is 7.89. The van der Waals surface area contributed by atoms with Crippen LogP contribution in [0.2, 0.25) is 0 Å². The van der Waals surface area contributed by atoms with E-state index in [2.05, 4.69) is 10.6 Å². The molecule has 0 unspecified atom stereocenters. The molecule has 1 rings (SSSR count). The molecule has 0 aromatic rings. The molecule has 9 heteroatoms. The van der Waals surface area contributed by atoms with E-state index in [0.29, 0.717) is 26.2 Å². The van der Waals surface area contributed by atoms with Gasteiger partial charge in [-0.05, 0) is 27.7 Å². The van der Waals surface area contributed by atoms with Crippen LogP contribution in [0.25, 0.3) is 0 Å². The number of urea groups is 1. The summed E-state index contributed by atoms with van der Waals surface area (Å²) < 4.78 is 25.0. The van der Waals surface area contributed by atoms with Crippen LogP contribution in [-0.4, -0.2) is 73.6 Å². The Bertz CT molecular complexity index is 498. The van der Waals surface area contributed by atoms with Crippen molar-refractivity contribution in [2.45, 2.75) is 39.8 Å². The van der Waals surface area contributed by atoms with E-state index < -0.39 is 22.1 Å². The molecule has 22 heavy (non-hydrogen) atoms. The summed E-state index contributed by atoms with van der Waals surface area (Å²) in [5, 5.41) is 4.89. The molecule has 0 saturated carbocycles. The lowest BCUT2D eigenvalue weighted by Crippen LogP contribution is -2.56. The third-order valence-electron chi connectivity index (χ3n) is 3.62. The fourth-order valence-electron chi connectivity index (χ4n) is 2.23. The Morgan fingerprint density at radius 2 is 1.64 bits per heavy atom. The summed E-state index contributed by atoms with van der Waals surface area (Å²) in [6, 6.07) is -1.05. The highest BCUT2D eigenvalue weighted by Gasteiger charge is 2.30. The van der Waals surface area contributed by atoms with Crippen LogP contribution < -0.4 is 10.6 Å². The zero-order valence-corrected chi connectivity index (χ0v) is 14.4. The van der Waals surface area contributed by atoms with Gasteiger partial charge in [0.05, 0.1) is 11.8 Å². The van der Waals surface area contributed by atoms with Crippen LogP contribution in [0.5, 0.6) is 0 Å². The number of hydrogen-bond donors (Lipinski definition) is 2. The van der Waals surface area contributed by atoms with E-state index in [4.69, 9.17) is 0 Å². The molecule has 1 aliphatic rings. The van der Waals surface area contributed by atoms with Gasteiger partial charge in [-0.1, -0.05) is 0 Å². The molecule has 1 fully saturated rings. The number of nitrogens with zero attached hydrogens (tertiary/aromatic N) is 2. The van der Waals surface area contributed by atoms with Crippen molar-refractivity contribution in [2.24, 2.45) is 0 Å². The summed E-state index contributed by atoms with van der Waals surface area (Å²) >= 11 is 0. The molecule has 1 atom stereocenters. The Hall–Kier alpha value is -1.19. The summed E-state index contributed by atoms with van der Waals surface area (Å²) in [4.78, 5) is 25.4. The number of sulfonamides is 1. The number of nitrogens with one attached hydrogen (secondary N) is 2. The molecule has 0 aromatic heterocycles. The third kappa shape index (κ3) is 5.22. The van der Waals surface area contributed by atoms with E-state index >= 15 is 0 Å². The smallest absolute Gasteiger partial charge is 0.321 e. The number of rotatable bonds is 5. The van der Waals surface area contributed by atoms with Crippen LogP contribution in [-0.2, 0) is 14.8 Å². The topological polar surface area (TPSA) is 98.8 Å². The largest absolute Gasteiger partial charge is 0.336 e. The zero-order valence-electron chi connectivity index (χ0n) is 13.6. The standard InChI is InChI=1S/C13H26N4O4S/c1-5-22(20,21)17-8-6-16(7-9-17)11(4)12(18)15-13(19)14-10(2)3/h10-11H,5-9H2,1-4H3,(H2,14,15,18,19)/t11-/m1/s1. The van der Waals surface area contributed by atoms with E-state index in [-0.39, 0.29) is 17.7 Å². The van der Waals surface area contributed by atoms with Gasteiger partial charge >= 0.3 is 6.03 Å². The molecule has 1 saturated heterocycles. The molecule has 0 aromatic carbocycles.